The number of halogens is 4. The molecule has 0 fully saturated rings. The van der Waals surface area contributed by atoms with E-state index in [-0.39, 0.29) is 24.0 Å². The molecule has 1 aliphatic rings. The summed E-state index contributed by atoms with van der Waals surface area (Å²) in [4.78, 5) is 10.2. The molecular formula is C19H25F3IN5S. The largest absolute Gasteiger partial charge is 0.434 e. The molecule has 5 nitrogen and oxygen atoms in total. The van der Waals surface area contributed by atoms with Crippen molar-refractivity contribution < 1.29 is 13.2 Å². The minimum absolute atomic E-state index is 0. The third-order valence-electron chi connectivity index (χ3n) is 4.63. The van der Waals surface area contributed by atoms with Crippen LogP contribution in [0, 0.1) is 0 Å². The summed E-state index contributed by atoms with van der Waals surface area (Å²) in [6.07, 6.45) is -2.89. The number of hydrogen-bond donors (Lipinski definition) is 2. The molecule has 0 bridgehead atoms. The van der Waals surface area contributed by atoms with Crippen molar-refractivity contribution in [2.45, 2.75) is 25.6 Å². The highest BCUT2D eigenvalue weighted by Gasteiger charge is 2.33. The summed E-state index contributed by atoms with van der Waals surface area (Å²) < 4.78 is 37.7. The molecule has 10 heteroatoms. The van der Waals surface area contributed by atoms with Crippen LogP contribution in [0.4, 0.5) is 13.2 Å². The van der Waals surface area contributed by atoms with E-state index in [9.17, 15) is 13.2 Å². The summed E-state index contributed by atoms with van der Waals surface area (Å²) in [6, 6.07) is 8.53. The molecule has 0 saturated heterocycles. The number of thiazole rings is 1. The van der Waals surface area contributed by atoms with Crippen LogP contribution in [0.3, 0.4) is 0 Å². The molecule has 1 aromatic heterocycles. The smallest absolute Gasteiger partial charge is 0.356 e. The van der Waals surface area contributed by atoms with Crippen molar-refractivity contribution in [2.24, 2.45) is 4.99 Å². The maximum Gasteiger partial charge on any atom is 0.434 e. The lowest BCUT2D eigenvalue weighted by Gasteiger charge is -2.28. The Morgan fingerprint density at radius 3 is 2.62 bits per heavy atom. The van der Waals surface area contributed by atoms with Crippen LogP contribution in [0.25, 0.3) is 0 Å². The second kappa shape index (κ2) is 11.1. The molecule has 0 unspecified atom stereocenters. The second-order valence-corrected chi connectivity index (χ2v) is 7.54. The SMILES string of the molecule is CN=C(NCCc1nc(C(F)(F)F)cs1)NCCN1CCc2ccccc2C1.I. The average molecular weight is 539 g/mol. The first kappa shape index (κ1) is 23.9. The number of guanidine groups is 1. The van der Waals surface area contributed by atoms with Crippen molar-refractivity contribution in [1.29, 1.82) is 0 Å². The van der Waals surface area contributed by atoms with Crippen molar-refractivity contribution in [3.05, 3.63) is 51.5 Å². The van der Waals surface area contributed by atoms with Gasteiger partial charge in [-0.1, -0.05) is 24.3 Å². The molecule has 0 spiro atoms. The lowest BCUT2D eigenvalue weighted by atomic mass is 10.00. The molecule has 160 valence electrons. The Hall–Kier alpha value is -1.40. The Bertz CT molecular complexity index is 809. The van der Waals surface area contributed by atoms with Crippen LogP contribution in [0.2, 0.25) is 0 Å². The zero-order valence-electron chi connectivity index (χ0n) is 16.1. The van der Waals surface area contributed by atoms with Gasteiger partial charge in [-0.3, -0.25) is 9.89 Å². The van der Waals surface area contributed by atoms with E-state index in [4.69, 9.17) is 0 Å². The van der Waals surface area contributed by atoms with Gasteiger partial charge in [0.1, 0.15) is 0 Å². The maximum absolute atomic E-state index is 12.6. The van der Waals surface area contributed by atoms with E-state index in [0.29, 0.717) is 23.9 Å². The van der Waals surface area contributed by atoms with E-state index in [0.717, 1.165) is 49.3 Å². The summed E-state index contributed by atoms with van der Waals surface area (Å²) in [7, 11) is 1.68. The average Bonchev–Trinajstić information content (AvgIpc) is 3.16. The fourth-order valence-electron chi connectivity index (χ4n) is 3.14. The highest BCUT2D eigenvalue weighted by atomic mass is 127. The Balaban J connectivity index is 0.00000300. The van der Waals surface area contributed by atoms with E-state index in [1.165, 1.54) is 11.1 Å². The molecule has 2 N–H and O–H groups in total. The number of hydrogen-bond acceptors (Lipinski definition) is 4. The molecule has 0 saturated carbocycles. The lowest BCUT2D eigenvalue weighted by Crippen LogP contribution is -2.43. The Kier molecular flexibility index (Phi) is 9.15. The highest BCUT2D eigenvalue weighted by Crippen LogP contribution is 2.30. The quantitative estimate of drug-likeness (QED) is 0.335. The van der Waals surface area contributed by atoms with E-state index in [2.05, 4.69) is 49.8 Å². The van der Waals surface area contributed by atoms with Crippen molar-refractivity contribution >= 4 is 41.3 Å². The standard InChI is InChI=1S/C19H24F3N5S.HI/c1-23-18(24-8-6-17-26-16(13-28-17)19(20,21)22)25-9-11-27-10-7-14-4-2-3-5-15(14)12-27;/h2-5,13H,6-12H2,1H3,(H2,23,24,25);1H. The molecule has 1 aromatic carbocycles. The number of benzene rings is 1. The predicted octanol–water partition coefficient (Wildman–Crippen LogP) is 3.55. The molecule has 0 radical (unpaired) electrons. The van der Waals surface area contributed by atoms with Crippen LogP contribution >= 0.6 is 35.3 Å². The Morgan fingerprint density at radius 1 is 1.21 bits per heavy atom. The summed E-state index contributed by atoms with van der Waals surface area (Å²) in [5, 5.41) is 7.90. The number of alkyl halides is 3. The maximum atomic E-state index is 12.6. The Labute approximate surface area is 189 Å². The normalized spacial score (nSPS) is 14.8. The minimum atomic E-state index is -4.38. The number of nitrogens with one attached hydrogen (secondary N) is 2. The monoisotopic (exact) mass is 539 g/mol. The van der Waals surface area contributed by atoms with Gasteiger partial charge in [0.05, 0.1) is 5.01 Å². The van der Waals surface area contributed by atoms with E-state index >= 15 is 0 Å². The highest BCUT2D eigenvalue weighted by molar-refractivity contribution is 14.0. The first-order chi connectivity index (χ1) is 13.5. The van der Waals surface area contributed by atoms with Gasteiger partial charge in [-0.05, 0) is 17.5 Å². The van der Waals surface area contributed by atoms with Gasteiger partial charge in [0.15, 0.2) is 11.7 Å². The van der Waals surface area contributed by atoms with Crippen molar-refractivity contribution in [3.63, 3.8) is 0 Å². The first-order valence-corrected chi connectivity index (χ1v) is 10.1. The van der Waals surface area contributed by atoms with Gasteiger partial charge in [0.25, 0.3) is 0 Å². The molecule has 3 rings (SSSR count). The van der Waals surface area contributed by atoms with E-state index in [1.807, 2.05) is 0 Å². The van der Waals surface area contributed by atoms with Crippen molar-refractivity contribution in [2.75, 3.05) is 33.2 Å². The third kappa shape index (κ3) is 7.10. The molecule has 0 aliphatic carbocycles. The predicted molar refractivity (Wildman–Crippen MR) is 121 cm³/mol. The topological polar surface area (TPSA) is 52.6 Å². The zero-order chi connectivity index (χ0) is 20.0. The van der Waals surface area contributed by atoms with Crippen LogP contribution in [0.15, 0.2) is 34.6 Å². The van der Waals surface area contributed by atoms with Crippen LogP contribution < -0.4 is 10.6 Å². The molecule has 0 amide bonds. The van der Waals surface area contributed by atoms with Gasteiger partial charge in [0, 0.05) is 51.6 Å². The van der Waals surface area contributed by atoms with Crippen LogP contribution in [-0.4, -0.2) is 49.1 Å². The second-order valence-electron chi connectivity index (χ2n) is 6.59. The van der Waals surface area contributed by atoms with Gasteiger partial charge in [0.2, 0.25) is 0 Å². The number of aliphatic imine (C=N–C) groups is 1. The number of aromatic nitrogens is 1. The van der Waals surface area contributed by atoms with Gasteiger partial charge < -0.3 is 10.6 Å². The van der Waals surface area contributed by atoms with Gasteiger partial charge in [-0.15, -0.1) is 35.3 Å². The van der Waals surface area contributed by atoms with Crippen LogP contribution in [0.5, 0.6) is 0 Å². The third-order valence-corrected chi connectivity index (χ3v) is 5.54. The summed E-state index contributed by atoms with van der Waals surface area (Å²) in [5.41, 5.74) is 2.00. The summed E-state index contributed by atoms with van der Waals surface area (Å²) >= 11 is 1.03. The first-order valence-electron chi connectivity index (χ1n) is 9.21. The molecular weight excluding hydrogens is 514 g/mol. The van der Waals surface area contributed by atoms with Crippen LogP contribution in [0.1, 0.15) is 21.8 Å². The lowest BCUT2D eigenvalue weighted by molar-refractivity contribution is -0.140. The summed E-state index contributed by atoms with van der Waals surface area (Å²) in [5.74, 6) is 0.644. The van der Waals surface area contributed by atoms with Crippen molar-refractivity contribution in [1.82, 2.24) is 20.5 Å². The van der Waals surface area contributed by atoms with Gasteiger partial charge in [-0.25, -0.2) is 4.98 Å². The molecule has 2 heterocycles. The number of rotatable bonds is 6. The molecule has 2 aromatic rings. The fourth-order valence-corrected chi connectivity index (χ4v) is 3.95. The molecule has 29 heavy (non-hydrogen) atoms. The van der Waals surface area contributed by atoms with Gasteiger partial charge >= 0.3 is 6.18 Å². The molecule has 1 aliphatic heterocycles. The Morgan fingerprint density at radius 2 is 1.93 bits per heavy atom. The van der Waals surface area contributed by atoms with E-state index in [1.54, 1.807) is 7.05 Å². The van der Waals surface area contributed by atoms with Crippen molar-refractivity contribution in [3.8, 4) is 0 Å². The number of nitrogens with zero attached hydrogens (tertiary/aromatic N) is 3. The number of fused-ring (bicyclic) bond motifs is 1. The van der Waals surface area contributed by atoms with E-state index < -0.39 is 11.9 Å². The molecule has 0 atom stereocenters. The summed E-state index contributed by atoms with van der Waals surface area (Å²) in [6.45, 7) is 4.11. The minimum Gasteiger partial charge on any atom is -0.356 e. The van der Waals surface area contributed by atoms with Crippen LogP contribution in [-0.2, 0) is 25.6 Å². The van der Waals surface area contributed by atoms with Gasteiger partial charge in [-0.2, -0.15) is 13.2 Å². The zero-order valence-corrected chi connectivity index (χ0v) is 19.3. The fraction of sp³-hybridized carbons (Fsp3) is 0.474.